The molecule has 2 N–H and O–H groups in total. The van der Waals surface area contributed by atoms with Gasteiger partial charge >= 0.3 is 0 Å². The minimum Gasteiger partial charge on any atom is -0.356 e. The lowest BCUT2D eigenvalue weighted by atomic mass is 10.2. The molecule has 0 aromatic carbocycles. The first-order valence-electron chi connectivity index (χ1n) is 10.7. The average molecular weight is 417 g/mol. The zero-order valence-electron chi connectivity index (χ0n) is 17.9. The number of anilines is 1. The highest BCUT2D eigenvalue weighted by molar-refractivity contribution is 5.82. The fourth-order valence-electron chi connectivity index (χ4n) is 3.77. The minimum atomic E-state index is 0.132. The maximum atomic E-state index is 12.5. The van der Waals surface area contributed by atoms with Crippen LogP contribution in [0.4, 0.5) is 5.95 Å². The number of carbonyl (C=O) groups excluding carboxylic acids is 2. The Morgan fingerprint density at radius 2 is 1.83 bits per heavy atom. The van der Waals surface area contributed by atoms with Crippen molar-refractivity contribution in [3.63, 3.8) is 0 Å². The van der Waals surface area contributed by atoms with Gasteiger partial charge in [-0.15, -0.1) is 0 Å². The van der Waals surface area contributed by atoms with E-state index in [1.165, 1.54) is 0 Å². The predicted molar refractivity (Wildman–Crippen MR) is 115 cm³/mol. The van der Waals surface area contributed by atoms with Gasteiger partial charge < -0.3 is 25.3 Å². The molecular weight excluding hydrogens is 384 g/mol. The number of hydrogen-bond acceptors (Lipinski definition) is 6. The Hall–Kier alpha value is -2.91. The largest absolute Gasteiger partial charge is 0.356 e. The van der Waals surface area contributed by atoms with Crippen LogP contribution in [-0.4, -0.2) is 96.4 Å². The molecule has 1 aromatic rings. The topological polar surface area (TPSA) is 106 Å². The van der Waals surface area contributed by atoms with Crippen LogP contribution < -0.4 is 15.5 Å². The standard InChI is InChI=1S/C20H32N8O2/c1-3-17(29)28-10-6-16(15-28)25-19(21-2)22-9-5-18(30)26-11-13-27(14-12-26)20-23-7-4-8-24-20/h4,7-8,16H,3,5-6,9-15H2,1-2H3,(H2,21,22,25). The summed E-state index contributed by atoms with van der Waals surface area (Å²) in [4.78, 5) is 43.0. The summed E-state index contributed by atoms with van der Waals surface area (Å²) in [5, 5.41) is 6.57. The molecule has 10 nitrogen and oxygen atoms in total. The quantitative estimate of drug-likeness (QED) is 0.484. The zero-order valence-corrected chi connectivity index (χ0v) is 17.9. The molecule has 1 unspecified atom stereocenters. The summed E-state index contributed by atoms with van der Waals surface area (Å²) in [6, 6.07) is 1.99. The summed E-state index contributed by atoms with van der Waals surface area (Å²) in [5.74, 6) is 1.70. The third-order valence-electron chi connectivity index (χ3n) is 5.51. The molecule has 1 aromatic heterocycles. The Balaban J connectivity index is 1.35. The lowest BCUT2D eigenvalue weighted by Crippen LogP contribution is -2.50. The van der Waals surface area contributed by atoms with Gasteiger partial charge in [-0.3, -0.25) is 14.6 Å². The molecule has 0 radical (unpaired) electrons. The van der Waals surface area contributed by atoms with Gasteiger partial charge in [0.05, 0.1) is 0 Å². The molecule has 0 aliphatic carbocycles. The van der Waals surface area contributed by atoms with Gasteiger partial charge in [-0.25, -0.2) is 9.97 Å². The molecule has 164 valence electrons. The van der Waals surface area contributed by atoms with E-state index in [0.717, 1.165) is 26.1 Å². The number of rotatable bonds is 6. The van der Waals surface area contributed by atoms with Crippen LogP contribution >= 0.6 is 0 Å². The summed E-state index contributed by atoms with van der Waals surface area (Å²) in [6.07, 6.45) is 5.32. The number of likely N-dealkylation sites (tertiary alicyclic amines) is 1. The molecule has 0 spiro atoms. The monoisotopic (exact) mass is 416 g/mol. The van der Waals surface area contributed by atoms with E-state index >= 15 is 0 Å². The first kappa shape index (κ1) is 21.8. The van der Waals surface area contributed by atoms with Crippen molar-refractivity contribution in [2.45, 2.75) is 32.2 Å². The highest BCUT2D eigenvalue weighted by Crippen LogP contribution is 2.11. The van der Waals surface area contributed by atoms with Crippen molar-refractivity contribution < 1.29 is 9.59 Å². The Labute approximate surface area is 177 Å². The maximum absolute atomic E-state index is 12.5. The van der Waals surface area contributed by atoms with Crippen LogP contribution in [0.2, 0.25) is 0 Å². The first-order chi connectivity index (χ1) is 14.6. The molecule has 2 saturated heterocycles. The van der Waals surface area contributed by atoms with Crippen molar-refractivity contribution in [3.05, 3.63) is 18.5 Å². The van der Waals surface area contributed by atoms with Crippen LogP contribution in [-0.2, 0) is 9.59 Å². The normalized spacial score (nSPS) is 19.7. The summed E-state index contributed by atoms with van der Waals surface area (Å²) in [5.41, 5.74) is 0. The smallest absolute Gasteiger partial charge is 0.225 e. The molecule has 2 aliphatic rings. The second-order valence-corrected chi connectivity index (χ2v) is 7.49. The summed E-state index contributed by atoms with van der Waals surface area (Å²) < 4.78 is 0. The van der Waals surface area contributed by atoms with Crippen molar-refractivity contribution in [2.24, 2.45) is 4.99 Å². The van der Waals surface area contributed by atoms with Crippen molar-refractivity contribution in [3.8, 4) is 0 Å². The van der Waals surface area contributed by atoms with Gasteiger partial charge in [0.25, 0.3) is 0 Å². The fourth-order valence-corrected chi connectivity index (χ4v) is 3.77. The first-order valence-corrected chi connectivity index (χ1v) is 10.7. The number of nitrogens with zero attached hydrogens (tertiary/aromatic N) is 6. The van der Waals surface area contributed by atoms with Gasteiger partial charge in [0.15, 0.2) is 5.96 Å². The second-order valence-electron chi connectivity index (χ2n) is 7.49. The van der Waals surface area contributed by atoms with Gasteiger partial charge in [0.1, 0.15) is 0 Å². The van der Waals surface area contributed by atoms with Crippen LogP contribution in [0.25, 0.3) is 0 Å². The Bertz CT molecular complexity index is 734. The second kappa shape index (κ2) is 10.7. The van der Waals surface area contributed by atoms with Crippen molar-refractivity contribution in [1.29, 1.82) is 0 Å². The molecular formula is C20H32N8O2. The Morgan fingerprint density at radius 1 is 1.10 bits per heavy atom. The highest BCUT2D eigenvalue weighted by atomic mass is 16.2. The molecule has 2 amide bonds. The molecule has 1 atom stereocenters. The van der Waals surface area contributed by atoms with Crippen LogP contribution in [0, 0.1) is 0 Å². The number of piperazine rings is 1. The highest BCUT2D eigenvalue weighted by Gasteiger charge is 2.26. The van der Waals surface area contributed by atoms with Gasteiger partial charge in [-0.2, -0.15) is 0 Å². The summed E-state index contributed by atoms with van der Waals surface area (Å²) in [7, 11) is 1.71. The minimum absolute atomic E-state index is 0.132. The van der Waals surface area contributed by atoms with E-state index in [0.29, 0.717) is 50.9 Å². The third-order valence-corrected chi connectivity index (χ3v) is 5.51. The van der Waals surface area contributed by atoms with E-state index < -0.39 is 0 Å². The maximum Gasteiger partial charge on any atom is 0.225 e. The lowest BCUT2D eigenvalue weighted by molar-refractivity contribution is -0.131. The summed E-state index contributed by atoms with van der Waals surface area (Å²) >= 11 is 0. The van der Waals surface area contributed by atoms with Crippen molar-refractivity contribution >= 4 is 23.7 Å². The average Bonchev–Trinajstić information content (AvgIpc) is 3.27. The molecule has 2 fully saturated rings. The van der Waals surface area contributed by atoms with E-state index in [-0.39, 0.29) is 17.9 Å². The molecule has 2 aliphatic heterocycles. The van der Waals surface area contributed by atoms with Gasteiger partial charge in [0.2, 0.25) is 17.8 Å². The van der Waals surface area contributed by atoms with Crippen LogP contribution in [0.1, 0.15) is 26.2 Å². The number of amides is 2. The number of aromatic nitrogens is 2. The molecule has 0 bridgehead atoms. The van der Waals surface area contributed by atoms with E-state index in [2.05, 4.69) is 30.5 Å². The van der Waals surface area contributed by atoms with E-state index in [1.54, 1.807) is 25.5 Å². The molecule has 0 saturated carbocycles. The van der Waals surface area contributed by atoms with Gasteiger partial charge in [-0.1, -0.05) is 6.92 Å². The number of nitrogens with one attached hydrogen (secondary N) is 2. The van der Waals surface area contributed by atoms with Gasteiger partial charge in [0, 0.05) is 84.1 Å². The number of carbonyl (C=O) groups is 2. The Kier molecular flexibility index (Phi) is 7.81. The van der Waals surface area contributed by atoms with Crippen LogP contribution in [0.3, 0.4) is 0 Å². The number of guanidine groups is 1. The Morgan fingerprint density at radius 3 is 2.50 bits per heavy atom. The van der Waals surface area contributed by atoms with Crippen molar-refractivity contribution in [1.82, 2.24) is 30.4 Å². The number of hydrogen-bond donors (Lipinski definition) is 2. The zero-order chi connectivity index (χ0) is 21.3. The van der Waals surface area contributed by atoms with Crippen molar-refractivity contribution in [2.75, 3.05) is 57.8 Å². The van der Waals surface area contributed by atoms with E-state index in [1.807, 2.05) is 16.7 Å². The van der Waals surface area contributed by atoms with Crippen LogP contribution in [0.5, 0.6) is 0 Å². The molecule has 10 heteroatoms. The molecule has 30 heavy (non-hydrogen) atoms. The van der Waals surface area contributed by atoms with Crippen LogP contribution in [0.15, 0.2) is 23.5 Å². The SMILES string of the molecule is CCC(=O)N1CCC(NC(=NC)NCCC(=O)N2CCN(c3ncccn3)CC2)C1. The summed E-state index contributed by atoms with van der Waals surface area (Å²) in [6.45, 7) is 6.70. The van der Waals surface area contributed by atoms with E-state index in [9.17, 15) is 9.59 Å². The predicted octanol–water partition coefficient (Wildman–Crippen LogP) is -0.309. The third kappa shape index (κ3) is 5.80. The number of aliphatic imine (C=N–C) groups is 1. The molecule has 3 heterocycles. The van der Waals surface area contributed by atoms with Gasteiger partial charge in [-0.05, 0) is 12.5 Å². The molecule has 3 rings (SSSR count). The fraction of sp³-hybridized carbons (Fsp3) is 0.650. The lowest BCUT2D eigenvalue weighted by Gasteiger charge is -2.34. The van der Waals surface area contributed by atoms with E-state index in [4.69, 9.17) is 0 Å².